The molecule has 0 unspecified atom stereocenters. The standard InChI is InChI=1S/C17H14F2N2O3/c1-9-3-5-11(18)8-13(9)21-17-20-12-6-4-10(7-14(22)23-2)15(19)16(12)24-17/h3-6,8H,7H2,1-2H3,(H,20,21). The Morgan fingerprint density at radius 2 is 2.08 bits per heavy atom. The number of halogens is 2. The number of methoxy groups -OCH3 is 1. The molecule has 7 heteroatoms. The third-order valence-corrected chi connectivity index (χ3v) is 3.58. The lowest BCUT2D eigenvalue weighted by Crippen LogP contribution is -2.06. The van der Waals surface area contributed by atoms with Gasteiger partial charge in [-0.2, -0.15) is 4.98 Å². The van der Waals surface area contributed by atoms with Crippen molar-refractivity contribution in [3.8, 4) is 0 Å². The van der Waals surface area contributed by atoms with Crippen LogP contribution in [0.2, 0.25) is 0 Å². The predicted octanol–water partition coefficient (Wildman–Crippen LogP) is 3.87. The lowest BCUT2D eigenvalue weighted by molar-refractivity contribution is -0.139. The Morgan fingerprint density at radius 1 is 1.29 bits per heavy atom. The van der Waals surface area contributed by atoms with E-state index >= 15 is 0 Å². The number of rotatable bonds is 4. The molecular weight excluding hydrogens is 318 g/mol. The Bertz CT molecular complexity index is 922. The lowest BCUT2D eigenvalue weighted by Gasteiger charge is -2.05. The summed E-state index contributed by atoms with van der Waals surface area (Å²) >= 11 is 0. The zero-order chi connectivity index (χ0) is 17.3. The molecule has 1 N–H and O–H groups in total. The average molecular weight is 332 g/mol. The van der Waals surface area contributed by atoms with E-state index in [0.717, 1.165) is 5.56 Å². The summed E-state index contributed by atoms with van der Waals surface area (Å²) in [6, 6.07) is 7.27. The van der Waals surface area contributed by atoms with Gasteiger partial charge in [0.05, 0.1) is 13.5 Å². The van der Waals surface area contributed by atoms with Gasteiger partial charge in [-0.05, 0) is 30.7 Å². The average Bonchev–Trinajstić information content (AvgIpc) is 2.97. The summed E-state index contributed by atoms with van der Waals surface area (Å²) < 4.78 is 37.7. The Balaban J connectivity index is 1.95. The van der Waals surface area contributed by atoms with Crippen LogP contribution >= 0.6 is 0 Å². The first-order valence-electron chi connectivity index (χ1n) is 7.16. The van der Waals surface area contributed by atoms with Gasteiger partial charge in [0, 0.05) is 11.3 Å². The van der Waals surface area contributed by atoms with Gasteiger partial charge >= 0.3 is 5.97 Å². The molecule has 5 nitrogen and oxygen atoms in total. The van der Waals surface area contributed by atoms with E-state index < -0.39 is 17.6 Å². The third-order valence-electron chi connectivity index (χ3n) is 3.58. The van der Waals surface area contributed by atoms with Gasteiger partial charge < -0.3 is 14.5 Å². The summed E-state index contributed by atoms with van der Waals surface area (Å²) in [5.74, 6) is -1.64. The molecule has 0 radical (unpaired) electrons. The first-order chi connectivity index (χ1) is 11.5. The molecule has 0 amide bonds. The second-order valence-corrected chi connectivity index (χ2v) is 5.24. The van der Waals surface area contributed by atoms with Crippen LogP contribution < -0.4 is 5.32 Å². The summed E-state index contributed by atoms with van der Waals surface area (Å²) in [5, 5.41) is 2.83. The fourth-order valence-electron chi connectivity index (χ4n) is 2.26. The molecular formula is C17H14F2N2O3. The monoisotopic (exact) mass is 332 g/mol. The minimum atomic E-state index is -0.672. The number of ether oxygens (including phenoxy) is 1. The summed E-state index contributed by atoms with van der Waals surface area (Å²) in [5.41, 5.74) is 1.62. The van der Waals surface area contributed by atoms with E-state index in [9.17, 15) is 13.6 Å². The Hall–Kier alpha value is -2.96. The maximum absolute atomic E-state index is 14.4. The number of hydrogen-bond donors (Lipinski definition) is 1. The zero-order valence-corrected chi connectivity index (χ0v) is 13.0. The molecule has 0 aliphatic rings. The normalized spacial score (nSPS) is 10.8. The molecule has 0 bridgehead atoms. The largest absolute Gasteiger partial charge is 0.469 e. The number of anilines is 2. The van der Waals surface area contributed by atoms with E-state index in [1.807, 2.05) is 0 Å². The van der Waals surface area contributed by atoms with Crippen molar-refractivity contribution in [3.63, 3.8) is 0 Å². The molecule has 3 aromatic rings. The van der Waals surface area contributed by atoms with Crippen LogP contribution in [0.25, 0.3) is 11.1 Å². The molecule has 24 heavy (non-hydrogen) atoms. The number of hydrogen-bond acceptors (Lipinski definition) is 5. The maximum atomic E-state index is 14.4. The minimum absolute atomic E-state index is 0.0350. The van der Waals surface area contributed by atoms with Crippen LogP contribution in [0.15, 0.2) is 34.7 Å². The number of nitrogens with one attached hydrogen (secondary N) is 1. The van der Waals surface area contributed by atoms with Crippen LogP contribution in [0.3, 0.4) is 0 Å². The van der Waals surface area contributed by atoms with Crippen molar-refractivity contribution in [1.29, 1.82) is 0 Å². The first kappa shape index (κ1) is 15.9. The molecule has 0 atom stereocenters. The minimum Gasteiger partial charge on any atom is -0.469 e. The van der Waals surface area contributed by atoms with E-state index in [0.29, 0.717) is 5.69 Å². The van der Waals surface area contributed by atoms with E-state index in [-0.39, 0.29) is 29.1 Å². The third kappa shape index (κ3) is 3.05. The molecule has 0 aliphatic carbocycles. The number of benzene rings is 2. The van der Waals surface area contributed by atoms with Crippen molar-refractivity contribution < 1.29 is 22.7 Å². The molecule has 1 heterocycles. The Morgan fingerprint density at radius 3 is 2.83 bits per heavy atom. The number of esters is 1. The lowest BCUT2D eigenvalue weighted by atomic mass is 10.1. The summed E-state index contributed by atoms with van der Waals surface area (Å²) in [6.07, 6.45) is -0.204. The highest BCUT2D eigenvalue weighted by molar-refractivity contribution is 5.80. The van der Waals surface area contributed by atoms with Gasteiger partial charge in [0.25, 0.3) is 6.01 Å². The Labute approximate surface area is 136 Å². The van der Waals surface area contributed by atoms with Crippen LogP contribution in [0.5, 0.6) is 0 Å². The molecule has 124 valence electrons. The van der Waals surface area contributed by atoms with Crippen LogP contribution in [-0.2, 0) is 16.0 Å². The summed E-state index contributed by atoms with van der Waals surface area (Å²) in [4.78, 5) is 15.4. The molecule has 1 aromatic heterocycles. The van der Waals surface area contributed by atoms with Crippen LogP contribution in [0.4, 0.5) is 20.5 Å². The van der Waals surface area contributed by atoms with E-state index in [2.05, 4.69) is 15.0 Å². The second kappa shape index (κ2) is 6.27. The number of fused-ring (bicyclic) bond motifs is 1. The van der Waals surface area contributed by atoms with E-state index in [4.69, 9.17) is 4.42 Å². The van der Waals surface area contributed by atoms with E-state index in [1.165, 1.54) is 25.3 Å². The van der Waals surface area contributed by atoms with Crippen molar-refractivity contribution in [1.82, 2.24) is 4.98 Å². The van der Waals surface area contributed by atoms with Gasteiger partial charge in [0.15, 0.2) is 11.4 Å². The number of aromatic nitrogens is 1. The van der Waals surface area contributed by atoms with Crippen molar-refractivity contribution in [2.75, 3.05) is 12.4 Å². The van der Waals surface area contributed by atoms with Crippen molar-refractivity contribution in [3.05, 3.63) is 53.1 Å². The molecule has 0 saturated carbocycles. The number of nitrogens with zero attached hydrogens (tertiary/aromatic N) is 1. The number of oxazole rings is 1. The molecule has 3 rings (SSSR count). The SMILES string of the molecule is COC(=O)Cc1ccc2nc(Nc3cc(F)ccc3C)oc2c1F. The molecule has 0 spiro atoms. The van der Waals surface area contributed by atoms with Crippen molar-refractivity contribution in [2.24, 2.45) is 0 Å². The van der Waals surface area contributed by atoms with Crippen LogP contribution in [0.1, 0.15) is 11.1 Å². The quantitative estimate of drug-likeness (QED) is 0.735. The van der Waals surface area contributed by atoms with Crippen LogP contribution in [-0.4, -0.2) is 18.1 Å². The zero-order valence-electron chi connectivity index (χ0n) is 13.0. The fourth-order valence-corrected chi connectivity index (χ4v) is 2.26. The Kier molecular flexibility index (Phi) is 4.16. The summed E-state index contributed by atoms with van der Waals surface area (Å²) in [6.45, 7) is 1.79. The van der Waals surface area contributed by atoms with Crippen molar-refractivity contribution in [2.45, 2.75) is 13.3 Å². The topological polar surface area (TPSA) is 64.4 Å². The smallest absolute Gasteiger partial charge is 0.310 e. The first-order valence-corrected chi connectivity index (χ1v) is 7.16. The number of aryl methyl sites for hydroxylation is 1. The van der Waals surface area contributed by atoms with Crippen LogP contribution in [0, 0.1) is 18.6 Å². The number of carbonyl (C=O) groups is 1. The van der Waals surface area contributed by atoms with Gasteiger partial charge in [-0.15, -0.1) is 0 Å². The predicted molar refractivity (Wildman–Crippen MR) is 84.1 cm³/mol. The maximum Gasteiger partial charge on any atom is 0.310 e. The van der Waals surface area contributed by atoms with Gasteiger partial charge in [-0.25, -0.2) is 8.78 Å². The molecule has 0 aliphatic heterocycles. The van der Waals surface area contributed by atoms with Gasteiger partial charge in [-0.3, -0.25) is 4.79 Å². The van der Waals surface area contributed by atoms with Crippen molar-refractivity contribution >= 4 is 28.8 Å². The van der Waals surface area contributed by atoms with Gasteiger partial charge in [0.1, 0.15) is 11.3 Å². The van der Waals surface area contributed by atoms with Gasteiger partial charge in [0.2, 0.25) is 0 Å². The van der Waals surface area contributed by atoms with E-state index in [1.54, 1.807) is 19.1 Å². The van der Waals surface area contributed by atoms with Gasteiger partial charge in [-0.1, -0.05) is 12.1 Å². The summed E-state index contributed by atoms with van der Waals surface area (Å²) in [7, 11) is 1.23. The second-order valence-electron chi connectivity index (χ2n) is 5.24. The highest BCUT2D eigenvalue weighted by Gasteiger charge is 2.17. The molecule has 2 aromatic carbocycles. The fraction of sp³-hybridized carbons (Fsp3) is 0.176. The molecule has 0 saturated heterocycles. The molecule has 0 fully saturated rings. The number of carbonyl (C=O) groups excluding carboxylic acids is 1. The highest BCUT2D eigenvalue weighted by atomic mass is 19.1. The highest BCUT2D eigenvalue weighted by Crippen LogP contribution is 2.27.